The largest absolute Gasteiger partial charge is 0.465 e. The Morgan fingerprint density at radius 1 is 1.33 bits per heavy atom. The van der Waals surface area contributed by atoms with Gasteiger partial charge in [-0.1, -0.05) is 0 Å². The summed E-state index contributed by atoms with van der Waals surface area (Å²) in [5, 5.41) is 0. The summed E-state index contributed by atoms with van der Waals surface area (Å²) in [6, 6.07) is 2.13. The Morgan fingerprint density at radius 3 is 2.22 bits per heavy atom. The zero-order valence-electron chi connectivity index (χ0n) is 9.80. The molecule has 0 saturated heterocycles. The van der Waals surface area contributed by atoms with Crippen LogP contribution in [-0.2, 0) is 14.3 Å². The van der Waals surface area contributed by atoms with Crippen LogP contribution in [0.5, 0.6) is 0 Å². The Labute approximate surface area is 117 Å². The molecule has 0 bridgehead atoms. The number of halogens is 3. The standard InChI is InChI=1S/C12H11F2IO3/c1-3-18-12(17)10(6(2)16)11-8(13)4-7(15)5-9(11)14/h4-5,10H,3H2,1-2H3. The van der Waals surface area contributed by atoms with Crippen LogP contribution in [-0.4, -0.2) is 18.4 Å². The van der Waals surface area contributed by atoms with Crippen molar-refractivity contribution in [3.8, 4) is 0 Å². The Hall–Kier alpha value is -1.05. The second-order valence-electron chi connectivity index (χ2n) is 3.58. The molecule has 0 radical (unpaired) electrons. The smallest absolute Gasteiger partial charge is 0.321 e. The first-order valence-electron chi connectivity index (χ1n) is 5.20. The molecule has 0 aliphatic carbocycles. The fourth-order valence-electron chi connectivity index (χ4n) is 1.54. The molecule has 0 spiro atoms. The number of benzene rings is 1. The van der Waals surface area contributed by atoms with Crippen molar-refractivity contribution in [1.82, 2.24) is 0 Å². The lowest BCUT2D eigenvalue weighted by molar-refractivity contribution is -0.147. The van der Waals surface area contributed by atoms with Gasteiger partial charge in [0, 0.05) is 9.13 Å². The van der Waals surface area contributed by atoms with Gasteiger partial charge in [0.2, 0.25) is 0 Å². The number of ether oxygens (including phenoxy) is 1. The summed E-state index contributed by atoms with van der Waals surface area (Å²) < 4.78 is 32.4. The lowest BCUT2D eigenvalue weighted by atomic mass is 9.94. The summed E-state index contributed by atoms with van der Waals surface area (Å²) >= 11 is 1.74. The van der Waals surface area contributed by atoms with Gasteiger partial charge in [-0.15, -0.1) is 0 Å². The topological polar surface area (TPSA) is 43.4 Å². The first-order chi connectivity index (χ1) is 8.38. The highest BCUT2D eigenvalue weighted by atomic mass is 127. The first-order valence-corrected chi connectivity index (χ1v) is 6.27. The van der Waals surface area contributed by atoms with Crippen LogP contribution in [0.15, 0.2) is 12.1 Å². The molecule has 1 atom stereocenters. The number of ketones is 1. The number of esters is 1. The molecule has 0 aromatic heterocycles. The van der Waals surface area contributed by atoms with E-state index in [1.807, 2.05) is 0 Å². The number of carbonyl (C=O) groups is 2. The van der Waals surface area contributed by atoms with E-state index < -0.39 is 34.9 Å². The van der Waals surface area contributed by atoms with Gasteiger partial charge in [-0.3, -0.25) is 9.59 Å². The summed E-state index contributed by atoms with van der Waals surface area (Å²) in [6.45, 7) is 2.68. The van der Waals surface area contributed by atoms with E-state index in [9.17, 15) is 18.4 Å². The highest BCUT2D eigenvalue weighted by Gasteiger charge is 2.32. The number of rotatable bonds is 4. The minimum absolute atomic E-state index is 0.0379. The summed E-state index contributed by atoms with van der Waals surface area (Å²) in [6.07, 6.45) is 0. The molecular weight excluding hydrogens is 357 g/mol. The van der Waals surface area contributed by atoms with Gasteiger partial charge < -0.3 is 4.74 Å². The summed E-state index contributed by atoms with van der Waals surface area (Å²) in [5.74, 6) is -5.00. The van der Waals surface area contributed by atoms with E-state index in [1.165, 1.54) is 0 Å². The second kappa shape index (κ2) is 6.21. The van der Waals surface area contributed by atoms with Crippen LogP contribution in [0.25, 0.3) is 0 Å². The van der Waals surface area contributed by atoms with Gasteiger partial charge in [0.15, 0.2) is 0 Å². The highest BCUT2D eigenvalue weighted by Crippen LogP contribution is 2.26. The SMILES string of the molecule is CCOC(=O)C(C(C)=O)c1c(F)cc(I)cc1F. The molecule has 6 heteroatoms. The van der Waals surface area contributed by atoms with Gasteiger partial charge in [-0.25, -0.2) is 8.78 Å². The van der Waals surface area contributed by atoms with Crippen LogP contribution in [0, 0.1) is 15.2 Å². The fraction of sp³-hybridized carbons (Fsp3) is 0.333. The zero-order chi connectivity index (χ0) is 13.9. The predicted molar refractivity (Wildman–Crippen MR) is 69.1 cm³/mol. The van der Waals surface area contributed by atoms with E-state index in [0.29, 0.717) is 3.57 Å². The maximum atomic E-state index is 13.7. The van der Waals surface area contributed by atoms with Gasteiger partial charge >= 0.3 is 5.97 Å². The van der Waals surface area contributed by atoms with E-state index in [2.05, 4.69) is 4.74 Å². The van der Waals surface area contributed by atoms with Gasteiger partial charge in [0.25, 0.3) is 0 Å². The van der Waals surface area contributed by atoms with Crippen molar-refractivity contribution in [3.63, 3.8) is 0 Å². The highest BCUT2D eigenvalue weighted by molar-refractivity contribution is 14.1. The van der Waals surface area contributed by atoms with Crippen molar-refractivity contribution in [3.05, 3.63) is 32.9 Å². The minimum Gasteiger partial charge on any atom is -0.465 e. The average Bonchev–Trinajstić information content (AvgIpc) is 2.22. The van der Waals surface area contributed by atoms with Crippen molar-refractivity contribution in [1.29, 1.82) is 0 Å². The molecule has 98 valence electrons. The minimum atomic E-state index is -1.55. The van der Waals surface area contributed by atoms with Crippen molar-refractivity contribution < 1.29 is 23.1 Å². The third kappa shape index (κ3) is 3.24. The maximum Gasteiger partial charge on any atom is 0.321 e. The van der Waals surface area contributed by atoms with Crippen LogP contribution in [0.1, 0.15) is 25.3 Å². The zero-order valence-corrected chi connectivity index (χ0v) is 12.0. The number of Topliss-reactive ketones (excluding diaryl/α,β-unsaturated/α-hetero) is 1. The fourth-order valence-corrected chi connectivity index (χ4v) is 2.09. The Kier molecular flexibility index (Phi) is 5.18. The van der Waals surface area contributed by atoms with Crippen LogP contribution in [0.3, 0.4) is 0 Å². The van der Waals surface area contributed by atoms with Crippen LogP contribution in [0.2, 0.25) is 0 Å². The summed E-state index contributed by atoms with van der Waals surface area (Å²) in [5.41, 5.74) is -0.554. The van der Waals surface area contributed by atoms with Crippen molar-refractivity contribution in [2.45, 2.75) is 19.8 Å². The van der Waals surface area contributed by atoms with Crippen molar-refractivity contribution in [2.24, 2.45) is 0 Å². The van der Waals surface area contributed by atoms with Gasteiger partial charge in [-0.05, 0) is 48.6 Å². The molecule has 0 aliphatic rings. The quantitative estimate of drug-likeness (QED) is 0.467. The third-order valence-electron chi connectivity index (χ3n) is 2.26. The van der Waals surface area contributed by atoms with Crippen molar-refractivity contribution in [2.75, 3.05) is 6.61 Å². The Balaban J connectivity index is 3.31. The molecule has 0 saturated carbocycles. The van der Waals surface area contributed by atoms with E-state index >= 15 is 0 Å². The summed E-state index contributed by atoms with van der Waals surface area (Å²) in [4.78, 5) is 23.0. The molecule has 0 heterocycles. The molecule has 0 N–H and O–H groups in total. The van der Waals surface area contributed by atoms with Gasteiger partial charge in [0.1, 0.15) is 23.3 Å². The second-order valence-corrected chi connectivity index (χ2v) is 4.82. The molecule has 0 fully saturated rings. The molecular formula is C12H11F2IO3. The summed E-state index contributed by atoms with van der Waals surface area (Å²) in [7, 11) is 0. The monoisotopic (exact) mass is 368 g/mol. The molecule has 1 unspecified atom stereocenters. The molecule has 1 rings (SSSR count). The first kappa shape index (κ1) is 15.0. The van der Waals surface area contributed by atoms with Crippen LogP contribution < -0.4 is 0 Å². The third-order valence-corrected chi connectivity index (χ3v) is 2.88. The normalized spacial score (nSPS) is 12.1. The number of hydrogen-bond donors (Lipinski definition) is 0. The molecule has 0 amide bonds. The van der Waals surface area contributed by atoms with Gasteiger partial charge in [0.05, 0.1) is 6.61 Å². The molecule has 1 aromatic carbocycles. The van der Waals surface area contributed by atoms with Crippen LogP contribution in [0.4, 0.5) is 8.78 Å². The lowest BCUT2D eigenvalue weighted by Gasteiger charge is -2.14. The Bertz CT molecular complexity index is 465. The van der Waals surface area contributed by atoms with E-state index in [4.69, 9.17) is 0 Å². The van der Waals surface area contributed by atoms with E-state index in [-0.39, 0.29) is 6.61 Å². The predicted octanol–water partition coefficient (Wildman–Crippen LogP) is 2.81. The maximum absolute atomic E-state index is 13.7. The Morgan fingerprint density at radius 2 is 1.83 bits per heavy atom. The van der Waals surface area contributed by atoms with E-state index in [0.717, 1.165) is 19.1 Å². The molecule has 18 heavy (non-hydrogen) atoms. The number of carbonyl (C=O) groups excluding carboxylic acids is 2. The van der Waals surface area contributed by atoms with Crippen molar-refractivity contribution >= 4 is 34.3 Å². The molecule has 0 aliphatic heterocycles. The van der Waals surface area contributed by atoms with Crippen LogP contribution >= 0.6 is 22.6 Å². The van der Waals surface area contributed by atoms with E-state index in [1.54, 1.807) is 29.5 Å². The number of hydrogen-bond acceptors (Lipinski definition) is 3. The van der Waals surface area contributed by atoms with Gasteiger partial charge in [-0.2, -0.15) is 0 Å². The lowest BCUT2D eigenvalue weighted by Crippen LogP contribution is -2.24. The average molecular weight is 368 g/mol. The molecule has 3 nitrogen and oxygen atoms in total. The molecule has 1 aromatic rings.